The largest absolute Gasteiger partial charge is 0.353 e. The highest BCUT2D eigenvalue weighted by molar-refractivity contribution is 8.14. The molecule has 128 valence electrons. The molecule has 0 radical (unpaired) electrons. The van der Waals surface area contributed by atoms with Crippen LogP contribution in [0.2, 0.25) is 0 Å². The number of anilines is 1. The first-order valence-corrected chi connectivity index (χ1v) is 9.04. The molecule has 0 aromatic carbocycles. The fourth-order valence-electron chi connectivity index (χ4n) is 2.74. The number of nitrogens with zero attached hydrogens (tertiary/aromatic N) is 4. The lowest BCUT2D eigenvalue weighted by molar-refractivity contribution is -0.128. The van der Waals surface area contributed by atoms with Crippen molar-refractivity contribution in [2.24, 2.45) is 4.99 Å². The summed E-state index contributed by atoms with van der Waals surface area (Å²) < 4.78 is 0. The Morgan fingerprint density at radius 2 is 2.12 bits per heavy atom. The summed E-state index contributed by atoms with van der Waals surface area (Å²) in [5, 5.41) is 3.28. The van der Waals surface area contributed by atoms with Gasteiger partial charge in [0.2, 0.25) is 11.8 Å². The van der Waals surface area contributed by atoms with Crippen LogP contribution in [0.3, 0.4) is 0 Å². The molecule has 3 rings (SSSR count). The molecule has 24 heavy (non-hydrogen) atoms. The van der Waals surface area contributed by atoms with Gasteiger partial charge in [-0.1, -0.05) is 17.8 Å². The predicted octanol–water partition coefficient (Wildman–Crippen LogP) is 0.728. The third kappa shape index (κ3) is 4.25. The zero-order chi connectivity index (χ0) is 16.9. The molecule has 1 aromatic heterocycles. The monoisotopic (exact) mass is 347 g/mol. The van der Waals surface area contributed by atoms with Gasteiger partial charge in [-0.15, -0.1) is 0 Å². The summed E-state index contributed by atoms with van der Waals surface area (Å²) in [5.74, 6) is 1.30. The Morgan fingerprint density at radius 1 is 1.33 bits per heavy atom. The number of pyridine rings is 1. The van der Waals surface area contributed by atoms with Crippen molar-refractivity contribution in [2.75, 3.05) is 36.8 Å². The number of piperazine rings is 1. The maximum Gasteiger partial charge on any atom is 0.233 e. The van der Waals surface area contributed by atoms with Gasteiger partial charge in [-0.3, -0.25) is 14.6 Å². The standard InChI is InChI=1S/C16H21N5O2S/c1-12-10-14(22)19-16(18-12)24-11-15(23)21-8-6-20(7-9-21)13-4-2-3-5-17-13/h2-5,12H,6-11H2,1H3,(H,18,19,22)/t12-/m1/s1. The molecular formula is C16H21N5O2S. The molecule has 1 aromatic rings. The Labute approximate surface area is 145 Å². The van der Waals surface area contributed by atoms with Gasteiger partial charge < -0.3 is 15.1 Å². The molecule has 0 spiro atoms. The summed E-state index contributed by atoms with van der Waals surface area (Å²) >= 11 is 1.30. The molecule has 1 N–H and O–H groups in total. The number of nitrogens with one attached hydrogen (secondary N) is 1. The third-order valence-corrected chi connectivity index (χ3v) is 4.88. The average Bonchev–Trinajstić information content (AvgIpc) is 2.60. The highest BCUT2D eigenvalue weighted by atomic mass is 32.2. The number of hydrogen-bond acceptors (Lipinski definition) is 6. The average molecular weight is 347 g/mol. The van der Waals surface area contributed by atoms with Crippen molar-refractivity contribution in [1.29, 1.82) is 0 Å². The highest BCUT2D eigenvalue weighted by Crippen LogP contribution is 2.15. The molecule has 1 atom stereocenters. The minimum Gasteiger partial charge on any atom is -0.353 e. The van der Waals surface area contributed by atoms with Crippen molar-refractivity contribution >= 4 is 34.6 Å². The quantitative estimate of drug-likeness (QED) is 0.872. The zero-order valence-corrected chi connectivity index (χ0v) is 14.5. The number of aliphatic imine (C=N–C) groups is 1. The minimum atomic E-state index is -0.0311. The van der Waals surface area contributed by atoms with Crippen LogP contribution in [-0.4, -0.2) is 64.8 Å². The van der Waals surface area contributed by atoms with Crippen LogP contribution in [0.4, 0.5) is 5.82 Å². The van der Waals surface area contributed by atoms with Crippen LogP contribution in [0.1, 0.15) is 13.3 Å². The van der Waals surface area contributed by atoms with Crippen LogP contribution in [0.15, 0.2) is 29.4 Å². The number of rotatable bonds is 3. The Kier molecular flexibility index (Phi) is 5.34. The molecule has 0 saturated carbocycles. The second kappa shape index (κ2) is 7.65. The van der Waals surface area contributed by atoms with Crippen molar-refractivity contribution in [3.05, 3.63) is 24.4 Å². The number of amides is 2. The molecular weight excluding hydrogens is 326 g/mol. The topological polar surface area (TPSA) is 77.9 Å². The van der Waals surface area contributed by atoms with E-state index in [1.807, 2.05) is 30.0 Å². The third-order valence-electron chi connectivity index (χ3n) is 4.00. The number of aromatic nitrogens is 1. The molecule has 2 aliphatic rings. The van der Waals surface area contributed by atoms with Crippen LogP contribution in [0.5, 0.6) is 0 Å². The number of amidine groups is 1. The van der Waals surface area contributed by atoms with Crippen molar-refractivity contribution in [1.82, 2.24) is 15.2 Å². The number of carbonyl (C=O) groups excluding carboxylic acids is 2. The summed E-state index contributed by atoms with van der Waals surface area (Å²) in [7, 11) is 0. The van der Waals surface area contributed by atoms with Crippen molar-refractivity contribution in [3.63, 3.8) is 0 Å². The molecule has 8 heteroatoms. The van der Waals surface area contributed by atoms with Gasteiger partial charge in [-0.05, 0) is 19.1 Å². The van der Waals surface area contributed by atoms with Gasteiger partial charge in [-0.25, -0.2) is 4.98 Å². The van der Waals surface area contributed by atoms with Gasteiger partial charge in [0.15, 0.2) is 5.17 Å². The Balaban J connectivity index is 1.46. The van der Waals surface area contributed by atoms with Crippen LogP contribution in [0, 0.1) is 0 Å². The SMILES string of the molecule is C[C@@H]1CC(=O)NC(SCC(=O)N2CCN(c3ccccn3)CC2)=N1. The second-order valence-electron chi connectivity index (χ2n) is 5.88. The van der Waals surface area contributed by atoms with Crippen LogP contribution in [-0.2, 0) is 9.59 Å². The van der Waals surface area contributed by atoms with Gasteiger partial charge in [0.25, 0.3) is 0 Å². The minimum absolute atomic E-state index is 0.0155. The van der Waals surface area contributed by atoms with Gasteiger partial charge in [0.1, 0.15) is 5.82 Å². The molecule has 0 bridgehead atoms. The molecule has 0 unspecified atom stereocenters. The summed E-state index contributed by atoms with van der Waals surface area (Å²) in [6, 6.07) is 5.83. The lowest BCUT2D eigenvalue weighted by Gasteiger charge is -2.35. The van der Waals surface area contributed by atoms with Crippen LogP contribution in [0.25, 0.3) is 0 Å². The van der Waals surface area contributed by atoms with Crippen molar-refractivity contribution < 1.29 is 9.59 Å². The Bertz CT molecular complexity index is 629. The van der Waals surface area contributed by atoms with E-state index in [9.17, 15) is 9.59 Å². The molecule has 0 aliphatic carbocycles. The van der Waals surface area contributed by atoms with E-state index in [1.54, 1.807) is 6.20 Å². The van der Waals surface area contributed by atoms with Gasteiger partial charge in [0.05, 0.1) is 11.8 Å². The van der Waals surface area contributed by atoms with Gasteiger partial charge in [-0.2, -0.15) is 0 Å². The number of hydrogen-bond donors (Lipinski definition) is 1. The Hall–Kier alpha value is -2.09. The summed E-state index contributed by atoms with van der Waals surface area (Å²) in [6.45, 7) is 4.83. The second-order valence-corrected chi connectivity index (χ2v) is 6.84. The number of carbonyl (C=O) groups is 2. The first-order chi connectivity index (χ1) is 11.6. The van der Waals surface area contributed by atoms with Crippen LogP contribution < -0.4 is 10.2 Å². The highest BCUT2D eigenvalue weighted by Gasteiger charge is 2.23. The van der Waals surface area contributed by atoms with E-state index >= 15 is 0 Å². The molecule has 1 fully saturated rings. The van der Waals surface area contributed by atoms with Crippen molar-refractivity contribution in [3.8, 4) is 0 Å². The molecule has 2 amide bonds. The van der Waals surface area contributed by atoms with E-state index in [2.05, 4.69) is 20.2 Å². The smallest absolute Gasteiger partial charge is 0.233 e. The predicted molar refractivity (Wildman–Crippen MR) is 95.1 cm³/mol. The normalized spacial score (nSPS) is 21.3. The van der Waals surface area contributed by atoms with E-state index in [-0.39, 0.29) is 17.9 Å². The molecule has 1 saturated heterocycles. The lowest BCUT2D eigenvalue weighted by Crippen LogP contribution is -2.49. The zero-order valence-electron chi connectivity index (χ0n) is 13.6. The number of thioether (sulfide) groups is 1. The fraction of sp³-hybridized carbons (Fsp3) is 0.500. The maximum atomic E-state index is 12.4. The molecule has 7 nitrogen and oxygen atoms in total. The van der Waals surface area contributed by atoms with E-state index in [4.69, 9.17) is 0 Å². The van der Waals surface area contributed by atoms with Gasteiger partial charge in [0, 0.05) is 38.8 Å². The molecule has 2 aliphatic heterocycles. The lowest BCUT2D eigenvalue weighted by atomic mass is 10.2. The van der Waals surface area contributed by atoms with E-state index in [0.29, 0.717) is 30.4 Å². The summed E-state index contributed by atoms with van der Waals surface area (Å²) in [5.41, 5.74) is 0. The van der Waals surface area contributed by atoms with Crippen molar-refractivity contribution in [2.45, 2.75) is 19.4 Å². The van der Waals surface area contributed by atoms with Gasteiger partial charge >= 0.3 is 0 Å². The first kappa shape index (κ1) is 16.8. The van der Waals surface area contributed by atoms with Crippen LogP contribution >= 0.6 is 11.8 Å². The summed E-state index contributed by atoms with van der Waals surface area (Å²) in [4.78, 5) is 36.6. The fourth-order valence-corrected chi connectivity index (χ4v) is 3.62. The van der Waals surface area contributed by atoms with E-state index < -0.39 is 0 Å². The van der Waals surface area contributed by atoms with E-state index in [1.165, 1.54) is 11.8 Å². The summed E-state index contributed by atoms with van der Waals surface area (Å²) in [6.07, 6.45) is 2.19. The first-order valence-electron chi connectivity index (χ1n) is 8.06. The maximum absolute atomic E-state index is 12.4. The van der Waals surface area contributed by atoms with E-state index in [0.717, 1.165) is 18.9 Å². The Morgan fingerprint density at radius 3 is 2.79 bits per heavy atom. The molecule has 3 heterocycles.